The standard InChI is InChI=1S/C17H20O7/c1-7-14-11-4-9(16(20)22-11)10(21-8(2)18)5-13-17(3,24-13)6-12(14)23-15(7)19/h4,7,10-14H,5-6H2,1-3H3/t7?,10?,11?,12-,13?,14-,17-/m0/s1. The van der Waals surface area contributed by atoms with E-state index in [4.69, 9.17) is 18.9 Å². The largest absolute Gasteiger partial charge is 0.462 e. The maximum atomic E-state index is 12.3. The predicted octanol–water partition coefficient (Wildman–Crippen LogP) is 0.899. The molecule has 4 unspecified atom stereocenters. The van der Waals surface area contributed by atoms with Crippen LogP contribution in [0.3, 0.4) is 0 Å². The van der Waals surface area contributed by atoms with Gasteiger partial charge in [-0.05, 0) is 13.0 Å². The summed E-state index contributed by atoms with van der Waals surface area (Å²) >= 11 is 0. The van der Waals surface area contributed by atoms with E-state index in [1.165, 1.54) is 6.92 Å². The number of ether oxygens (including phenoxy) is 4. The fraction of sp³-hybridized carbons (Fsp3) is 0.706. The van der Waals surface area contributed by atoms with E-state index in [0.717, 1.165) is 0 Å². The molecule has 0 aromatic carbocycles. The topological polar surface area (TPSA) is 91.4 Å². The van der Waals surface area contributed by atoms with Crippen molar-refractivity contribution in [1.29, 1.82) is 0 Å². The molecule has 7 atom stereocenters. The van der Waals surface area contributed by atoms with Crippen LogP contribution in [0.4, 0.5) is 0 Å². The van der Waals surface area contributed by atoms with Crippen LogP contribution < -0.4 is 0 Å². The summed E-state index contributed by atoms with van der Waals surface area (Å²) in [6.45, 7) is 5.05. The maximum Gasteiger partial charge on any atom is 0.338 e. The smallest absolute Gasteiger partial charge is 0.338 e. The molecule has 0 aromatic heterocycles. The van der Waals surface area contributed by atoms with Crippen molar-refractivity contribution in [1.82, 2.24) is 0 Å². The zero-order chi connectivity index (χ0) is 17.2. The molecule has 1 aliphatic carbocycles. The Labute approximate surface area is 139 Å². The van der Waals surface area contributed by atoms with E-state index in [2.05, 4.69) is 0 Å². The fourth-order valence-electron chi connectivity index (χ4n) is 4.19. The Kier molecular flexibility index (Phi) is 3.29. The Morgan fingerprint density at radius 1 is 1.33 bits per heavy atom. The lowest BCUT2D eigenvalue weighted by Crippen LogP contribution is -2.35. The molecule has 24 heavy (non-hydrogen) atoms. The average molecular weight is 336 g/mol. The molecule has 130 valence electrons. The molecule has 3 heterocycles. The molecular formula is C17H20O7. The summed E-state index contributed by atoms with van der Waals surface area (Å²) in [5, 5.41) is 0. The minimum Gasteiger partial charge on any atom is -0.462 e. The van der Waals surface area contributed by atoms with Crippen molar-refractivity contribution in [3.05, 3.63) is 11.6 Å². The van der Waals surface area contributed by atoms with E-state index >= 15 is 0 Å². The first-order chi connectivity index (χ1) is 11.3. The van der Waals surface area contributed by atoms with Crippen molar-refractivity contribution < 1.29 is 33.3 Å². The van der Waals surface area contributed by atoms with Gasteiger partial charge in [0.2, 0.25) is 0 Å². The Hall–Kier alpha value is -1.89. The molecular weight excluding hydrogens is 316 g/mol. The van der Waals surface area contributed by atoms with E-state index in [1.807, 2.05) is 6.92 Å². The monoisotopic (exact) mass is 336 g/mol. The highest BCUT2D eigenvalue weighted by Gasteiger charge is 2.60. The molecule has 7 nitrogen and oxygen atoms in total. The summed E-state index contributed by atoms with van der Waals surface area (Å²) in [5.74, 6) is -1.85. The van der Waals surface area contributed by atoms with Crippen LogP contribution in [0.5, 0.6) is 0 Å². The van der Waals surface area contributed by atoms with Crippen LogP contribution in [-0.4, -0.2) is 47.9 Å². The highest BCUT2D eigenvalue weighted by Crippen LogP contribution is 2.50. The lowest BCUT2D eigenvalue weighted by Gasteiger charge is -2.25. The summed E-state index contributed by atoms with van der Waals surface area (Å²) in [6, 6.07) is 0. The second-order valence-electron chi connectivity index (χ2n) is 7.29. The summed E-state index contributed by atoms with van der Waals surface area (Å²) in [7, 11) is 0. The van der Waals surface area contributed by atoms with Gasteiger partial charge < -0.3 is 18.9 Å². The Bertz CT molecular complexity index is 653. The van der Waals surface area contributed by atoms with E-state index in [-0.39, 0.29) is 30.0 Å². The van der Waals surface area contributed by atoms with Crippen LogP contribution in [0, 0.1) is 11.8 Å². The van der Waals surface area contributed by atoms with Crippen LogP contribution in [0.15, 0.2) is 11.6 Å². The van der Waals surface area contributed by atoms with Gasteiger partial charge in [0.1, 0.15) is 18.3 Å². The number of esters is 3. The van der Waals surface area contributed by atoms with Crippen molar-refractivity contribution in [3.63, 3.8) is 0 Å². The second kappa shape index (κ2) is 5.05. The van der Waals surface area contributed by atoms with Gasteiger partial charge in [0, 0.05) is 25.7 Å². The van der Waals surface area contributed by atoms with Crippen molar-refractivity contribution in [2.24, 2.45) is 11.8 Å². The van der Waals surface area contributed by atoms with Crippen molar-refractivity contribution >= 4 is 17.9 Å². The zero-order valence-electron chi connectivity index (χ0n) is 13.8. The van der Waals surface area contributed by atoms with Crippen molar-refractivity contribution in [2.45, 2.75) is 63.6 Å². The number of carbonyl (C=O) groups is 3. The Balaban J connectivity index is 1.72. The second-order valence-corrected chi connectivity index (χ2v) is 7.29. The molecule has 2 fully saturated rings. The number of epoxide rings is 1. The number of hydrogen-bond donors (Lipinski definition) is 0. The summed E-state index contributed by atoms with van der Waals surface area (Å²) in [5.41, 5.74) is -0.105. The van der Waals surface area contributed by atoms with E-state index in [9.17, 15) is 14.4 Å². The van der Waals surface area contributed by atoms with Crippen LogP contribution >= 0.6 is 0 Å². The first-order valence-electron chi connectivity index (χ1n) is 8.27. The SMILES string of the molecule is CC(=O)OC1CC2O[C@@]2(C)C[C@@H]2OC(=O)C(C)[C@H]2C2C=C1C(=O)O2. The third-order valence-corrected chi connectivity index (χ3v) is 5.57. The number of carbonyl (C=O) groups excluding carboxylic acids is 3. The van der Waals surface area contributed by atoms with Gasteiger partial charge in [-0.25, -0.2) is 4.79 Å². The van der Waals surface area contributed by atoms with Gasteiger partial charge >= 0.3 is 17.9 Å². The summed E-state index contributed by atoms with van der Waals surface area (Å²) < 4.78 is 22.2. The van der Waals surface area contributed by atoms with Crippen molar-refractivity contribution in [3.8, 4) is 0 Å². The molecule has 2 bridgehead atoms. The van der Waals surface area contributed by atoms with Gasteiger partial charge in [0.25, 0.3) is 0 Å². The Morgan fingerprint density at radius 2 is 2.08 bits per heavy atom. The van der Waals surface area contributed by atoms with Gasteiger partial charge in [0.15, 0.2) is 0 Å². The number of fused-ring (bicyclic) bond motifs is 4. The van der Waals surface area contributed by atoms with Gasteiger partial charge in [-0.15, -0.1) is 0 Å². The van der Waals surface area contributed by atoms with Crippen LogP contribution in [-0.2, 0) is 33.3 Å². The van der Waals surface area contributed by atoms with E-state index < -0.39 is 29.7 Å². The predicted molar refractivity (Wildman–Crippen MR) is 78.6 cm³/mol. The minimum absolute atomic E-state index is 0.150. The molecule has 0 saturated carbocycles. The molecule has 7 heteroatoms. The normalized spacial score (nSPS) is 46.2. The van der Waals surface area contributed by atoms with Crippen LogP contribution in [0.25, 0.3) is 0 Å². The average Bonchev–Trinajstić information content (AvgIpc) is 2.80. The van der Waals surface area contributed by atoms with Gasteiger partial charge in [-0.3, -0.25) is 9.59 Å². The highest BCUT2D eigenvalue weighted by molar-refractivity contribution is 5.92. The van der Waals surface area contributed by atoms with E-state index in [0.29, 0.717) is 18.4 Å². The molecule has 0 radical (unpaired) electrons. The number of hydrogen-bond acceptors (Lipinski definition) is 7. The van der Waals surface area contributed by atoms with E-state index in [1.54, 1.807) is 13.0 Å². The lowest BCUT2D eigenvalue weighted by molar-refractivity contribution is -0.148. The van der Waals surface area contributed by atoms with Crippen LogP contribution in [0.1, 0.15) is 33.6 Å². The van der Waals surface area contributed by atoms with Crippen LogP contribution in [0.2, 0.25) is 0 Å². The highest BCUT2D eigenvalue weighted by atomic mass is 16.6. The molecule has 0 aromatic rings. The molecule has 0 N–H and O–H groups in total. The first kappa shape index (κ1) is 15.6. The third kappa shape index (κ3) is 2.33. The Morgan fingerprint density at radius 3 is 2.79 bits per heavy atom. The lowest BCUT2D eigenvalue weighted by atomic mass is 9.81. The summed E-state index contributed by atoms with van der Waals surface area (Å²) in [6.07, 6.45) is 0.904. The molecule has 2 saturated heterocycles. The van der Waals surface area contributed by atoms with Gasteiger partial charge in [0.05, 0.1) is 23.2 Å². The minimum atomic E-state index is -0.684. The quantitative estimate of drug-likeness (QED) is 0.399. The number of rotatable bonds is 1. The molecule has 4 aliphatic rings. The molecule has 3 aliphatic heterocycles. The molecule has 0 amide bonds. The fourth-order valence-corrected chi connectivity index (χ4v) is 4.19. The summed E-state index contributed by atoms with van der Waals surface area (Å²) in [4.78, 5) is 35.8. The van der Waals surface area contributed by atoms with Gasteiger partial charge in [-0.1, -0.05) is 6.92 Å². The third-order valence-electron chi connectivity index (χ3n) is 5.57. The molecule has 0 spiro atoms. The first-order valence-corrected chi connectivity index (χ1v) is 8.27. The van der Waals surface area contributed by atoms with Crippen molar-refractivity contribution in [2.75, 3.05) is 0 Å². The zero-order valence-corrected chi connectivity index (χ0v) is 13.8. The maximum absolute atomic E-state index is 12.3. The van der Waals surface area contributed by atoms with Gasteiger partial charge in [-0.2, -0.15) is 0 Å². The molecule has 4 rings (SSSR count).